The summed E-state index contributed by atoms with van der Waals surface area (Å²) in [6, 6.07) is 14.8. The lowest BCUT2D eigenvalue weighted by Gasteiger charge is -2.30. The summed E-state index contributed by atoms with van der Waals surface area (Å²) in [5.41, 5.74) is 1.61. The Morgan fingerprint density at radius 2 is 1.64 bits per heavy atom. The molecule has 146 valence electrons. The molecule has 1 aliphatic heterocycles. The van der Waals surface area contributed by atoms with E-state index in [1.165, 1.54) is 0 Å². The molecule has 0 spiro atoms. The first-order chi connectivity index (χ1) is 13.6. The molecule has 0 radical (unpaired) electrons. The predicted octanol–water partition coefficient (Wildman–Crippen LogP) is 3.84. The standard InChI is InChI=1S/C23H25NO4/c1-27-20-9-7-18(8-10-20)23(26)19-12-14-24(15-13-19)22(25)11-6-17-4-3-5-21(16-17)28-2/h3-11,16,19H,12-15H2,1-2H3/b11-6+. The van der Waals surface area contributed by atoms with Gasteiger partial charge in [0.05, 0.1) is 14.2 Å². The van der Waals surface area contributed by atoms with Gasteiger partial charge in [0.25, 0.3) is 0 Å². The maximum atomic E-state index is 12.7. The number of carbonyl (C=O) groups excluding carboxylic acids is 2. The second-order valence-corrected chi connectivity index (χ2v) is 6.80. The van der Waals surface area contributed by atoms with Crippen molar-refractivity contribution in [2.45, 2.75) is 12.8 Å². The van der Waals surface area contributed by atoms with Crippen LogP contribution in [-0.2, 0) is 4.79 Å². The van der Waals surface area contributed by atoms with E-state index >= 15 is 0 Å². The smallest absolute Gasteiger partial charge is 0.246 e. The molecule has 2 aromatic rings. The summed E-state index contributed by atoms with van der Waals surface area (Å²) in [5, 5.41) is 0. The molecule has 1 aliphatic rings. The SMILES string of the molecule is COc1ccc(C(=O)C2CCN(C(=O)/C=C/c3cccc(OC)c3)CC2)cc1. The van der Waals surface area contributed by atoms with Crippen molar-refractivity contribution < 1.29 is 19.1 Å². The molecular weight excluding hydrogens is 354 g/mol. The van der Waals surface area contributed by atoms with E-state index in [1.807, 2.05) is 24.3 Å². The average molecular weight is 379 g/mol. The van der Waals surface area contributed by atoms with Crippen LogP contribution in [0.2, 0.25) is 0 Å². The number of ketones is 1. The van der Waals surface area contributed by atoms with E-state index in [-0.39, 0.29) is 17.6 Å². The lowest BCUT2D eigenvalue weighted by Crippen LogP contribution is -2.39. The second-order valence-electron chi connectivity index (χ2n) is 6.80. The van der Waals surface area contributed by atoms with Crippen molar-refractivity contribution in [3.8, 4) is 11.5 Å². The number of nitrogens with zero attached hydrogens (tertiary/aromatic N) is 1. The molecule has 1 heterocycles. The van der Waals surface area contributed by atoms with Crippen LogP contribution in [0.5, 0.6) is 11.5 Å². The van der Waals surface area contributed by atoms with E-state index < -0.39 is 0 Å². The normalized spacial score (nSPS) is 14.9. The topological polar surface area (TPSA) is 55.8 Å². The fourth-order valence-corrected chi connectivity index (χ4v) is 3.37. The predicted molar refractivity (Wildman–Crippen MR) is 109 cm³/mol. The summed E-state index contributed by atoms with van der Waals surface area (Å²) in [4.78, 5) is 26.9. The van der Waals surface area contributed by atoms with Gasteiger partial charge in [0.2, 0.25) is 5.91 Å². The molecular formula is C23H25NO4. The Labute approximate surface area is 165 Å². The zero-order chi connectivity index (χ0) is 19.9. The molecule has 1 amide bonds. The summed E-state index contributed by atoms with van der Waals surface area (Å²) in [7, 11) is 3.22. The number of Topliss-reactive ketones (excluding diaryl/α,β-unsaturated/α-hetero) is 1. The van der Waals surface area contributed by atoms with E-state index in [1.54, 1.807) is 55.5 Å². The van der Waals surface area contributed by atoms with Gasteiger partial charge in [-0.15, -0.1) is 0 Å². The van der Waals surface area contributed by atoms with Gasteiger partial charge in [-0.25, -0.2) is 0 Å². The molecule has 0 bridgehead atoms. The van der Waals surface area contributed by atoms with Crippen LogP contribution in [0.1, 0.15) is 28.8 Å². The van der Waals surface area contributed by atoms with E-state index in [9.17, 15) is 9.59 Å². The minimum atomic E-state index is -0.0418. The van der Waals surface area contributed by atoms with Crippen molar-refractivity contribution in [3.05, 3.63) is 65.7 Å². The van der Waals surface area contributed by atoms with Gasteiger partial charge in [-0.2, -0.15) is 0 Å². The van der Waals surface area contributed by atoms with E-state index in [0.29, 0.717) is 31.5 Å². The van der Waals surface area contributed by atoms with Crippen LogP contribution in [-0.4, -0.2) is 43.9 Å². The van der Waals surface area contributed by atoms with Crippen molar-refractivity contribution in [2.75, 3.05) is 27.3 Å². The van der Waals surface area contributed by atoms with E-state index in [2.05, 4.69) is 0 Å². The van der Waals surface area contributed by atoms with Gasteiger partial charge >= 0.3 is 0 Å². The maximum Gasteiger partial charge on any atom is 0.246 e. The van der Waals surface area contributed by atoms with Gasteiger partial charge in [0.1, 0.15) is 11.5 Å². The van der Waals surface area contributed by atoms with Gasteiger partial charge in [0, 0.05) is 30.6 Å². The molecule has 2 aromatic carbocycles. The highest BCUT2D eigenvalue weighted by molar-refractivity contribution is 5.98. The molecule has 0 aromatic heterocycles. The van der Waals surface area contributed by atoms with Gasteiger partial charge in [-0.1, -0.05) is 12.1 Å². The summed E-state index contributed by atoms with van der Waals surface area (Å²) < 4.78 is 10.3. The Balaban J connectivity index is 1.54. The highest BCUT2D eigenvalue weighted by Crippen LogP contribution is 2.23. The van der Waals surface area contributed by atoms with Crippen molar-refractivity contribution in [1.82, 2.24) is 4.90 Å². The summed E-state index contributed by atoms with van der Waals surface area (Å²) in [6.07, 6.45) is 4.74. The first kappa shape index (κ1) is 19.7. The van der Waals surface area contributed by atoms with Crippen LogP contribution >= 0.6 is 0 Å². The Morgan fingerprint density at radius 1 is 0.964 bits per heavy atom. The van der Waals surface area contributed by atoms with E-state index in [4.69, 9.17) is 9.47 Å². The Bertz CT molecular complexity index is 849. The number of methoxy groups -OCH3 is 2. The molecule has 0 atom stereocenters. The summed E-state index contributed by atoms with van der Waals surface area (Å²) in [5.74, 6) is 1.56. The molecule has 0 aliphatic carbocycles. The molecule has 1 fully saturated rings. The number of hydrogen-bond donors (Lipinski definition) is 0. The number of ether oxygens (including phenoxy) is 2. The molecule has 3 rings (SSSR count). The van der Waals surface area contributed by atoms with Crippen LogP contribution < -0.4 is 9.47 Å². The fourth-order valence-electron chi connectivity index (χ4n) is 3.37. The van der Waals surface area contributed by atoms with Crippen molar-refractivity contribution >= 4 is 17.8 Å². The second kappa shape index (κ2) is 9.22. The number of benzene rings is 2. The zero-order valence-corrected chi connectivity index (χ0v) is 16.3. The number of carbonyl (C=O) groups is 2. The molecule has 0 saturated carbocycles. The highest BCUT2D eigenvalue weighted by atomic mass is 16.5. The van der Waals surface area contributed by atoms with Crippen molar-refractivity contribution in [3.63, 3.8) is 0 Å². The number of amides is 1. The zero-order valence-electron chi connectivity index (χ0n) is 16.3. The van der Waals surface area contributed by atoms with Crippen LogP contribution in [0.4, 0.5) is 0 Å². The Hall–Kier alpha value is -3.08. The minimum absolute atomic E-state index is 0.0295. The number of rotatable bonds is 6. The van der Waals surface area contributed by atoms with Crippen LogP contribution in [0.15, 0.2) is 54.6 Å². The molecule has 0 unspecified atom stereocenters. The van der Waals surface area contributed by atoms with Crippen molar-refractivity contribution in [2.24, 2.45) is 5.92 Å². The third-order valence-electron chi connectivity index (χ3n) is 5.06. The maximum absolute atomic E-state index is 12.7. The quantitative estimate of drug-likeness (QED) is 0.565. The minimum Gasteiger partial charge on any atom is -0.497 e. The van der Waals surface area contributed by atoms with Gasteiger partial charge < -0.3 is 14.4 Å². The molecule has 0 N–H and O–H groups in total. The average Bonchev–Trinajstić information content (AvgIpc) is 2.77. The Kier molecular flexibility index (Phi) is 6.48. The first-order valence-electron chi connectivity index (χ1n) is 9.40. The third-order valence-corrected chi connectivity index (χ3v) is 5.06. The van der Waals surface area contributed by atoms with Gasteiger partial charge in [-0.3, -0.25) is 9.59 Å². The fraction of sp³-hybridized carbons (Fsp3) is 0.304. The number of piperidine rings is 1. The number of hydrogen-bond acceptors (Lipinski definition) is 4. The molecule has 28 heavy (non-hydrogen) atoms. The lowest BCUT2D eigenvalue weighted by atomic mass is 9.89. The van der Waals surface area contributed by atoms with Gasteiger partial charge in [-0.05, 0) is 60.9 Å². The summed E-state index contributed by atoms with van der Waals surface area (Å²) >= 11 is 0. The molecule has 5 nitrogen and oxygen atoms in total. The van der Waals surface area contributed by atoms with E-state index in [0.717, 1.165) is 17.1 Å². The highest BCUT2D eigenvalue weighted by Gasteiger charge is 2.27. The van der Waals surface area contributed by atoms with Crippen LogP contribution in [0, 0.1) is 5.92 Å². The third kappa shape index (κ3) is 4.80. The van der Waals surface area contributed by atoms with Gasteiger partial charge in [0.15, 0.2) is 5.78 Å². The van der Waals surface area contributed by atoms with Crippen LogP contribution in [0.25, 0.3) is 6.08 Å². The van der Waals surface area contributed by atoms with Crippen molar-refractivity contribution in [1.29, 1.82) is 0 Å². The number of likely N-dealkylation sites (tertiary alicyclic amines) is 1. The Morgan fingerprint density at radius 3 is 2.29 bits per heavy atom. The first-order valence-corrected chi connectivity index (χ1v) is 9.40. The lowest BCUT2D eigenvalue weighted by molar-refractivity contribution is -0.127. The molecule has 1 saturated heterocycles. The monoisotopic (exact) mass is 379 g/mol. The summed E-state index contributed by atoms with van der Waals surface area (Å²) in [6.45, 7) is 1.18. The molecule has 5 heteroatoms. The van der Waals surface area contributed by atoms with Crippen LogP contribution in [0.3, 0.4) is 0 Å². The largest absolute Gasteiger partial charge is 0.497 e.